The van der Waals surface area contributed by atoms with Crippen molar-refractivity contribution in [2.75, 3.05) is 12.4 Å². The van der Waals surface area contributed by atoms with Crippen LogP contribution in [0.15, 0.2) is 24.4 Å². The molecule has 21 heavy (non-hydrogen) atoms. The second-order valence-corrected chi connectivity index (χ2v) is 6.59. The topological polar surface area (TPSA) is 51.2 Å². The summed E-state index contributed by atoms with van der Waals surface area (Å²) >= 11 is 1.62. The molecule has 1 N–H and O–H groups in total. The number of amides is 1. The van der Waals surface area contributed by atoms with E-state index in [0.29, 0.717) is 17.5 Å². The fourth-order valence-corrected chi connectivity index (χ4v) is 3.69. The van der Waals surface area contributed by atoms with Crippen molar-refractivity contribution >= 4 is 22.9 Å². The van der Waals surface area contributed by atoms with Crippen molar-refractivity contribution in [3.8, 4) is 5.88 Å². The largest absolute Gasteiger partial charge is 0.481 e. The van der Waals surface area contributed by atoms with Crippen molar-refractivity contribution in [1.82, 2.24) is 4.98 Å². The quantitative estimate of drug-likeness (QED) is 0.943. The lowest BCUT2D eigenvalue weighted by Crippen LogP contribution is -2.10. The third-order valence-electron chi connectivity index (χ3n) is 3.76. The summed E-state index contributed by atoms with van der Waals surface area (Å²) in [7, 11) is 1.57. The van der Waals surface area contributed by atoms with Crippen molar-refractivity contribution in [3.63, 3.8) is 0 Å². The molecule has 0 unspecified atom stereocenters. The van der Waals surface area contributed by atoms with Gasteiger partial charge >= 0.3 is 0 Å². The maximum Gasteiger partial charge on any atom is 0.265 e. The van der Waals surface area contributed by atoms with Crippen molar-refractivity contribution in [1.29, 1.82) is 0 Å². The molecule has 1 aliphatic rings. The lowest BCUT2D eigenvalue weighted by Gasteiger charge is -2.16. The smallest absolute Gasteiger partial charge is 0.265 e. The molecule has 0 aromatic carbocycles. The van der Waals surface area contributed by atoms with E-state index in [2.05, 4.69) is 17.2 Å². The number of pyridine rings is 1. The molecule has 2 heterocycles. The molecule has 0 spiro atoms. The Kier molecular flexibility index (Phi) is 3.92. The minimum Gasteiger partial charge on any atom is -0.481 e. The average molecular weight is 302 g/mol. The number of anilines is 1. The maximum absolute atomic E-state index is 12.3. The summed E-state index contributed by atoms with van der Waals surface area (Å²) in [6.07, 6.45) is 5.00. The monoisotopic (exact) mass is 302 g/mol. The fourth-order valence-electron chi connectivity index (χ4n) is 2.59. The standard InChI is InChI=1S/C16H18N2O2S/c1-10-3-5-13-11(7-10)8-14(21-13)16(19)18-12-4-6-15(20-2)17-9-12/h4,6,8-10H,3,5,7H2,1-2H3,(H,18,19)/t10-/m1/s1. The number of aromatic nitrogens is 1. The summed E-state index contributed by atoms with van der Waals surface area (Å²) < 4.78 is 5.00. The second-order valence-electron chi connectivity index (χ2n) is 5.45. The summed E-state index contributed by atoms with van der Waals surface area (Å²) in [5.41, 5.74) is 2.03. The van der Waals surface area contributed by atoms with E-state index in [1.54, 1.807) is 36.8 Å². The van der Waals surface area contributed by atoms with Crippen LogP contribution in [0, 0.1) is 5.92 Å². The Morgan fingerprint density at radius 2 is 2.33 bits per heavy atom. The fraction of sp³-hybridized carbons (Fsp3) is 0.375. The Morgan fingerprint density at radius 3 is 3.05 bits per heavy atom. The average Bonchev–Trinajstić information content (AvgIpc) is 2.91. The first-order valence-corrected chi connectivity index (χ1v) is 7.90. The minimum absolute atomic E-state index is 0.0611. The van der Waals surface area contributed by atoms with Crippen molar-refractivity contribution in [2.24, 2.45) is 5.92 Å². The van der Waals surface area contributed by atoms with E-state index >= 15 is 0 Å². The first kappa shape index (κ1) is 14.1. The summed E-state index contributed by atoms with van der Waals surface area (Å²) in [6.45, 7) is 2.27. The number of nitrogens with zero attached hydrogens (tertiary/aromatic N) is 1. The van der Waals surface area contributed by atoms with E-state index in [0.717, 1.165) is 17.7 Å². The van der Waals surface area contributed by atoms with Gasteiger partial charge in [0.1, 0.15) is 0 Å². The number of carbonyl (C=O) groups is 1. The van der Waals surface area contributed by atoms with Crippen LogP contribution in [-0.4, -0.2) is 18.0 Å². The molecule has 0 radical (unpaired) electrons. The molecule has 0 aliphatic heterocycles. The van der Waals surface area contributed by atoms with E-state index < -0.39 is 0 Å². The second kappa shape index (κ2) is 5.85. The van der Waals surface area contributed by atoms with E-state index in [1.807, 2.05) is 6.07 Å². The molecule has 2 aromatic rings. The molecule has 1 aliphatic carbocycles. The SMILES string of the molecule is COc1ccc(NC(=O)c2cc3c(s2)CC[C@@H](C)C3)cn1. The van der Waals surface area contributed by atoms with E-state index in [9.17, 15) is 4.79 Å². The zero-order chi connectivity index (χ0) is 14.8. The van der Waals surface area contributed by atoms with Gasteiger partial charge in [-0.05, 0) is 42.9 Å². The van der Waals surface area contributed by atoms with Crippen LogP contribution < -0.4 is 10.1 Å². The van der Waals surface area contributed by atoms with Gasteiger partial charge in [0, 0.05) is 10.9 Å². The van der Waals surface area contributed by atoms with Gasteiger partial charge in [-0.25, -0.2) is 4.98 Å². The predicted octanol–water partition coefficient (Wildman–Crippen LogP) is 3.53. The molecule has 3 rings (SSSR count). The van der Waals surface area contributed by atoms with Crippen LogP contribution in [0.3, 0.4) is 0 Å². The maximum atomic E-state index is 12.3. The molecule has 4 nitrogen and oxygen atoms in total. The van der Waals surface area contributed by atoms with Crippen LogP contribution in [0.5, 0.6) is 5.88 Å². The normalized spacial score (nSPS) is 17.1. The van der Waals surface area contributed by atoms with Crippen LogP contribution in [0.2, 0.25) is 0 Å². The van der Waals surface area contributed by atoms with Gasteiger partial charge in [0.05, 0.1) is 23.9 Å². The number of ether oxygens (including phenoxy) is 1. The van der Waals surface area contributed by atoms with Crippen molar-refractivity contribution < 1.29 is 9.53 Å². The van der Waals surface area contributed by atoms with Crippen LogP contribution in [0.1, 0.15) is 33.5 Å². The molecular weight excluding hydrogens is 284 g/mol. The van der Waals surface area contributed by atoms with Gasteiger partial charge in [-0.1, -0.05) is 6.92 Å². The Balaban J connectivity index is 1.73. The molecule has 5 heteroatoms. The Labute approximate surface area is 128 Å². The number of methoxy groups -OCH3 is 1. The van der Waals surface area contributed by atoms with E-state index in [1.165, 1.54) is 16.9 Å². The highest BCUT2D eigenvalue weighted by molar-refractivity contribution is 7.14. The lowest BCUT2D eigenvalue weighted by atomic mass is 9.90. The molecule has 1 amide bonds. The van der Waals surface area contributed by atoms with E-state index in [4.69, 9.17) is 4.74 Å². The van der Waals surface area contributed by atoms with Crippen molar-refractivity contribution in [2.45, 2.75) is 26.2 Å². The first-order valence-electron chi connectivity index (χ1n) is 7.08. The van der Waals surface area contributed by atoms with Crippen LogP contribution in [0.4, 0.5) is 5.69 Å². The highest BCUT2D eigenvalue weighted by Crippen LogP contribution is 2.32. The molecular formula is C16H18N2O2S. The highest BCUT2D eigenvalue weighted by atomic mass is 32.1. The number of aryl methyl sites for hydroxylation is 1. The zero-order valence-corrected chi connectivity index (χ0v) is 13.0. The predicted molar refractivity (Wildman–Crippen MR) is 84.3 cm³/mol. The molecule has 1 atom stereocenters. The van der Waals surface area contributed by atoms with Crippen LogP contribution >= 0.6 is 11.3 Å². The zero-order valence-electron chi connectivity index (χ0n) is 12.2. The van der Waals surface area contributed by atoms with Gasteiger partial charge in [0.15, 0.2) is 0 Å². The number of hydrogen-bond donors (Lipinski definition) is 1. The number of hydrogen-bond acceptors (Lipinski definition) is 4. The third kappa shape index (κ3) is 3.08. The number of thiophene rings is 1. The molecule has 0 saturated heterocycles. The first-order chi connectivity index (χ1) is 10.2. The summed E-state index contributed by atoms with van der Waals surface area (Å²) in [5.74, 6) is 1.19. The summed E-state index contributed by atoms with van der Waals surface area (Å²) in [4.78, 5) is 18.5. The minimum atomic E-state index is -0.0611. The van der Waals surface area contributed by atoms with Gasteiger partial charge in [-0.2, -0.15) is 0 Å². The van der Waals surface area contributed by atoms with E-state index in [-0.39, 0.29) is 5.91 Å². The Hall–Kier alpha value is -1.88. The van der Waals surface area contributed by atoms with Crippen LogP contribution in [0.25, 0.3) is 0 Å². The lowest BCUT2D eigenvalue weighted by molar-refractivity contribution is 0.103. The molecule has 2 aromatic heterocycles. The van der Waals surface area contributed by atoms with Gasteiger partial charge < -0.3 is 10.1 Å². The molecule has 0 fully saturated rings. The number of fused-ring (bicyclic) bond motifs is 1. The highest BCUT2D eigenvalue weighted by Gasteiger charge is 2.20. The van der Waals surface area contributed by atoms with Gasteiger partial charge in [0.2, 0.25) is 5.88 Å². The summed E-state index contributed by atoms with van der Waals surface area (Å²) in [6, 6.07) is 5.57. The Morgan fingerprint density at radius 1 is 1.48 bits per heavy atom. The summed E-state index contributed by atoms with van der Waals surface area (Å²) in [5, 5.41) is 2.88. The molecule has 110 valence electrons. The Bertz CT molecular complexity index is 649. The van der Waals surface area contributed by atoms with Crippen molar-refractivity contribution in [3.05, 3.63) is 39.7 Å². The number of carbonyl (C=O) groups excluding carboxylic acids is 1. The van der Waals surface area contributed by atoms with Gasteiger partial charge in [-0.15, -0.1) is 11.3 Å². The van der Waals surface area contributed by atoms with Gasteiger partial charge in [-0.3, -0.25) is 4.79 Å². The number of nitrogens with one attached hydrogen (secondary N) is 1. The molecule has 0 saturated carbocycles. The third-order valence-corrected chi connectivity index (χ3v) is 4.99. The number of rotatable bonds is 3. The molecule has 0 bridgehead atoms. The van der Waals surface area contributed by atoms with Gasteiger partial charge in [0.25, 0.3) is 5.91 Å². The van der Waals surface area contributed by atoms with Crippen LogP contribution in [-0.2, 0) is 12.8 Å².